The second kappa shape index (κ2) is 8.88. The number of nitriles is 1. The van der Waals surface area contributed by atoms with E-state index < -0.39 is 0 Å². The fraction of sp³-hybridized carbons (Fsp3) is 0.273. The molecule has 0 aliphatic carbocycles. The number of hydrogen-bond donors (Lipinski definition) is 3. The molecule has 4 aromatic rings. The molecule has 33 heavy (non-hydrogen) atoms. The number of nitrogens with zero attached hydrogens (tertiary/aromatic N) is 6. The summed E-state index contributed by atoms with van der Waals surface area (Å²) in [5, 5.41) is 22.0. The van der Waals surface area contributed by atoms with Crippen LogP contribution in [0, 0.1) is 22.7 Å². The Morgan fingerprint density at radius 2 is 2.36 bits per heavy atom. The van der Waals surface area contributed by atoms with E-state index in [0.29, 0.717) is 52.1 Å². The molecule has 1 aliphatic rings. The van der Waals surface area contributed by atoms with Gasteiger partial charge in [-0.15, -0.1) is 0 Å². The maximum atomic E-state index is 9.41. The first-order valence-electron chi connectivity index (χ1n) is 10.5. The minimum Gasteiger partial charge on any atom is -0.404 e. The van der Waals surface area contributed by atoms with Crippen molar-refractivity contribution in [3.8, 4) is 6.07 Å². The predicted octanol–water partition coefficient (Wildman–Crippen LogP) is 3.54. The SMILES string of the molecule is N#CCC(N/C=C(\C=N)c1ncnc2[nH]ccc12)C1CCN(c2nc3cc(Cl)cnc3o2)C1. The van der Waals surface area contributed by atoms with Gasteiger partial charge >= 0.3 is 0 Å². The van der Waals surface area contributed by atoms with E-state index in [1.165, 1.54) is 18.7 Å². The van der Waals surface area contributed by atoms with Gasteiger partial charge < -0.3 is 25.0 Å². The van der Waals surface area contributed by atoms with Gasteiger partial charge in [-0.2, -0.15) is 10.2 Å². The van der Waals surface area contributed by atoms with Crippen LogP contribution in [0.3, 0.4) is 0 Å². The molecule has 0 radical (unpaired) electrons. The summed E-state index contributed by atoms with van der Waals surface area (Å²) in [6, 6.07) is 6.28. The van der Waals surface area contributed by atoms with Crippen molar-refractivity contribution in [2.24, 2.45) is 5.92 Å². The number of fused-ring (bicyclic) bond motifs is 2. The van der Waals surface area contributed by atoms with Crippen LogP contribution in [0.5, 0.6) is 0 Å². The zero-order valence-corrected chi connectivity index (χ0v) is 18.3. The lowest BCUT2D eigenvalue weighted by Gasteiger charge is -2.22. The van der Waals surface area contributed by atoms with Crippen LogP contribution in [-0.4, -0.2) is 50.3 Å². The van der Waals surface area contributed by atoms with Crippen LogP contribution in [0.15, 0.2) is 41.5 Å². The van der Waals surface area contributed by atoms with Gasteiger partial charge in [-0.3, -0.25) is 0 Å². The van der Waals surface area contributed by atoms with E-state index in [1.807, 2.05) is 6.07 Å². The molecule has 1 aliphatic heterocycles. The van der Waals surface area contributed by atoms with Gasteiger partial charge in [0.1, 0.15) is 17.5 Å². The van der Waals surface area contributed by atoms with Gasteiger partial charge in [0.25, 0.3) is 6.01 Å². The molecule has 3 N–H and O–H groups in total. The smallest absolute Gasteiger partial charge is 0.299 e. The van der Waals surface area contributed by atoms with Crippen LogP contribution in [0.25, 0.3) is 27.8 Å². The molecule has 0 saturated carbocycles. The highest BCUT2D eigenvalue weighted by atomic mass is 35.5. The monoisotopic (exact) mass is 461 g/mol. The second-order valence-corrected chi connectivity index (χ2v) is 8.25. The van der Waals surface area contributed by atoms with Crippen molar-refractivity contribution >= 4 is 51.7 Å². The average molecular weight is 462 g/mol. The molecule has 2 atom stereocenters. The number of allylic oxidation sites excluding steroid dienone is 1. The number of H-pyrrole nitrogens is 1. The van der Waals surface area contributed by atoms with E-state index in [2.05, 4.69) is 41.2 Å². The Morgan fingerprint density at radius 3 is 3.21 bits per heavy atom. The van der Waals surface area contributed by atoms with Crippen molar-refractivity contribution in [3.63, 3.8) is 0 Å². The van der Waals surface area contributed by atoms with Gasteiger partial charge in [0.15, 0.2) is 0 Å². The molecular weight excluding hydrogens is 442 g/mol. The highest BCUT2D eigenvalue weighted by Gasteiger charge is 2.31. The number of aromatic nitrogens is 5. The van der Waals surface area contributed by atoms with Crippen LogP contribution >= 0.6 is 11.6 Å². The molecule has 0 spiro atoms. The molecule has 1 saturated heterocycles. The highest BCUT2D eigenvalue weighted by molar-refractivity contribution is 6.31. The van der Waals surface area contributed by atoms with E-state index in [4.69, 9.17) is 21.4 Å². The first kappa shape index (κ1) is 20.9. The third kappa shape index (κ3) is 4.10. The number of oxazole rings is 1. The summed E-state index contributed by atoms with van der Waals surface area (Å²) in [6.07, 6.45) is 9.00. The normalized spacial score (nSPS) is 17.4. The Kier molecular flexibility index (Phi) is 5.62. The lowest BCUT2D eigenvalue weighted by Crippen LogP contribution is -2.35. The summed E-state index contributed by atoms with van der Waals surface area (Å²) >= 11 is 6.00. The quantitative estimate of drug-likeness (QED) is 0.354. The second-order valence-electron chi connectivity index (χ2n) is 7.81. The number of hydrogen-bond acceptors (Lipinski definition) is 9. The van der Waals surface area contributed by atoms with Crippen molar-refractivity contribution in [2.45, 2.75) is 18.9 Å². The maximum Gasteiger partial charge on any atom is 0.299 e. The Labute approximate surface area is 193 Å². The van der Waals surface area contributed by atoms with Gasteiger partial charge in [0.2, 0.25) is 5.71 Å². The Morgan fingerprint density at radius 1 is 1.45 bits per heavy atom. The summed E-state index contributed by atoms with van der Waals surface area (Å²) in [6.45, 7) is 1.44. The molecule has 5 heterocycles. The van der Waals surface area contributed by atoms with Crippen LogP contribution < -0.4 is 10.2 Å². The van der Waals surface area contributed by atoms with E-state index in [1.54, 1.807) is 18.5 Å². The third-order valence-electron chi connectivity index (χ3n) is 5.81. The number of nitrogens with one attached hydrogen (secondary N) is 3. The van der Waals surface area contributed by atoms with E-state index in [0.717, 1.165) is 18.4 Å². The molecule has 5 rings (SSSR count). The van der Waals surface area contributed by atoms with Gasteiger partial charge in [0.05, 0.1) is 23.2 Å². The average Bonchev–Trinajstić information content (AvgIpc) is 3.57. The van der Waals surface area contributed by atoms with Crippen molar-refractivity contribution in [1.82, 2.24) is 30.2 Å². The third-order valence-corrected chi connectivity index (χ3v) is 6.02. The minimum absolute atomic E-state index is 0.101. The molecule has 10 nitrogen and oxygen atoms in total. The van der Waals surface area contributed by atoms with Crippen LogP contribution in [0.2, 0.25) is 5.02 Å². The fourth-order valence-corrected chi connectivity index (χ4v) is 4.30. The van der Waals surface area contributed by atoms with Crippen molar-refractivity contribution in [1.29, 1.82) is 10.7 Å². The van der Waals surface area contributed by atoms with Crippen molar-refractivity contribution in [3.05, 3.63) is 47.8 Å². The molecular formula is C22H20ClN9O. The van der Waals surface area contributed by atoms with E-state index >= 15 is 0 Å². The number of pyridine rings is 1. The molecule has 11 heteroatoms. The maximum absolute atomic E-state index is 9.41. The zero-order chi connectivity index (χ0) is 22.8. The minimum atomic E-state index is -0.101. The van der Waals surface area contributed by atoms with Gasteiger partial charge in [-0.1, -0.05) is 11.6 Å². The van der Waals surface area contributed by atoms with Gasteiger partial charge in [0, 0.05) is 54.9 Å². The largest absolute Gasteiger partial charge is 0.404 e. The van der Waals surface area contributed by atoms with Crippen LogP contribution in [0.4, 0.5) is 6.01 Å². The first-order chi connectivity index (χ1) is 16.2. The van der Waals surface area contributed by atoms with Crippen LogP contribution in [0.1, 0.15) is 18.5 Å². The Bertz CT molecular complexity index is 1390. The molecule has 166 valence electrons. The topological polar surface area (TPSA) is 143 Å². The molecule has 4 aromatic heterocycles. The predicted molar refractivity (Wildman–Crippen MR) is 125 cm³/mol. The summed E-state index contributed by atoms with van der Waals surface area (Å²) < 4.78 is 5.80. The van der Waals surface area contributed by atoms with Crippen molar-refractivity contribution in [2.75, 3.05) is 18.0 Å². The summed E-state index contributed by atoms with van der Waals surface area (Å²) in [5.74, 6) is 0.192. The van der Waals surface area contributed by atoms with E-state index in [9.17, 15) is 5.26 Å². The molecule has 2 unspecified atom stereocenters. The molecule has 0 amide bonds. The summed E-state index contributed by atoms with van der Waals surface area (Å²) in [4.78, 5) is 22.4. The van der Waals surface area contributed by atoms with Gasteiger partial charge in [-0.05, 0) is 24.5 Å². The number of halogens is 1. The molecule has 1 fully saturated rings. The number of rotatable bonds is 7. The van der Waals surface area contributed by atoms with Crippen LogP contribution in [-0.2, 0) is 0 Å². The van der Waals surface area contributed by atoms with Gasteiger partial charge in [-0.25, -0.2) is 15.0 Å². The highest BCUT2D eigenvalue weighted by Crippen LogP contribution is 2.29. The molecule has 0 aromatic carbocycles. The Balaban J connectivity index is 1.34. The summed E-state index contributed by atoms with van der Waals surface area (Å²) in [5.41, 5.74) is 3.05. The first-order valence-corrected chi connectivity index (χ1v) is 10.8. The molecule has 0 bridgehead atoms. The fourth-order valence-electron chi connectivity index (χ4n) is 4.15. The van der Waals surface area contributed by atoms with E-state index in [-0.39, 0.29) is 12.0 Å². The Hall–Kier alpha value is -3.97. The number of anilines is 1. The standard InChI is InChI=1S/C22H20ClN9O/c23-15-7-18-21(28-10-15)33-22(31-18)32-6-3-13(11-32)17(1-4-24)27-9-14(8-25)19-16-2-5-26-20(16)30-12-29-19/h2,5,7-10,12-13,17,25,27H,1,3,6,11H2,(H,26,29,30)/b14-9+,25-8?. The van der Waals surface area contributed by atoms with Crippen molar-refractivity contribution < 1.29 is 4.42 Å². The number of aromatic amines is 1. The zero-order valence-electron chi connectivity index (χ0n) is 17.5. The summed E-state index contributed by atoms with van der Waals surface area (Å²) in [7, 11) is 0. The lowest BCUT2D eigenvalue weighted by atomic mass is 9.96. The lowest BCUT2D eigenvalue weighted by molar-refractivity contribution is 0.417.